The Balaban J connectivity index is 1.93. The van der Waals surface area contributed by atoms with Crippen LogP contribution in [0.3, 0.4) is 0 Å². The van der Waals surface area contributed by atoms with E-state index in [1.54, 1.807) is 23.7 Å². The summed E-state index contributed by atoms with van der Waals surface area (Å²) in [5, 5.41) is 14.8. The molecule has 1 fully saturated rings. The van der Waals surface area contributed by atoms with Crippen LogP contribution in [0, 0.1) is 11.3 Å². The van der Waals surface area contributed by atoms with Crippen LogP contribution in [0.1, 0.15) is 46.0 Å². The first kappa shape index (κ1) is 25.7. The second-order valence-corrected chi connectivity index (χ2v) is 9.39. The van der Waals surface area contributed by atoms with Crippen molar-refractivity contribution in [1.29, 1.82) is 0 Å². The van der Waals surface area contributed by atoms with Crippen molar-refractivity contribution < 1.29 is 24.3 Å². The van der Waals surface area contributed by atoms with Gasteiger partial charge in [-0.3, -0.25) is 14.8 Å². The fourth-order valence-corrected chi connectivity index (χ4v) is 3.99. The van der Waals surface area contributed by atoms with Crippen LogP contribution in [0.4, 0.5) is 10.5 Å². The smallest absolute Gasteiger partial charge is 0.319 e. The number of hydrogen-bond acceptors (Lipinski definition) is 5. The molecule has 0 saturated heterocycles. The van der Waals surface area contributed by atoms with Crippen molar-refractivity contribution in [3.63, 3.8) is 0 Å². The lowest BCUT2D eigenvalue weighted by atomic mass is 9.88. The fourth-order valence-electron chi connectivity index (χ4n) is 3.82. The number of halogens is 1. The van der Waals surface area contributed by atoms with Gasteiger partial charge < -0.3 is 20.3 Å². The quantitative estimate of drug-likeness (QED) is 0.310. The van der Waals surface area contributed by atoms with Crippen molar-refractivity contribution in [3.8, 4) is 5.75 Å². The van der Waals surface area contributed by atoms with Crippen LogP contribution in [-0.4, -0.2) is 54.7 Å². The highest BCUT2D eigenvalue weighted by Crippen LogP contribution is 2.28. The van der Waals surface area contributed by atoms with E-state index in [0.29, 0.717) is 28.9 Å². The SMILES string of the molecule is COc1ccc(Cl)cc1NC(=O)NCC(C)(C)CC(=O)N(CC(=O)NO)CC1CCCC1. The number of nitrogens with one attached hydrogen (secondary N) is 3. The maximum atomic E-state index is 13.0. The predicted molar refractivity (Wildman–Crippen MR) is 122 cm³/mol. The molecule has 1 aliphatic carbocycles. The first-order valence-electron chi connectivity index (χ1n) is 10.7. The van der Waals surface area contributed by atoms with Crippen molar-refractivity contribution in [2.24, 2.45) is 11.3 Å². The zero-order valence-corrected chi connectivity index (χ0v) is 19.6. The van der Waals surface area contributed by atoms with E-state index in [0.717, 1.165) is 25.7 Å². The Hall–Kier alpha value is -2.52. The minimum absolute atomic E-state index is 0.138. The first-order chi connectivity index (χ1) is 15.1. The number of carbonyl (C=O) groups excluding carboxylic acids is 3. The second-order valence-electron chi connectivity index (χ2n) is 8.95. The summed E-state index contributed by atoms with van der Waals surface area (Å²) < 4.78 is 5.22. The summed E-state index contributed by atoms with van der Waals surface area (Å²) in [4.78, 5) is 38.5. The standard InChI is InChI=1S/C22H33ClN4O5/c1-22(2,14-24-21(30)25-17-10-16(23)8-9-18(17)32-3)11-20(29)27(13-19(28)26-31)12-15-6-4-5-7-15/h8-10,15,31H,4-7,11-14H2,1-3H3,(H,26,28)(H2,24,25,30). The minimum atomic E-state index is -0.623. The highest BCUT2D eigenvalue weighted by Gasteiger charge is 2.29. The van der Waals surface area contributed by atoms with Gasteiger partial charge in [0, 0.05) is 24.5 Å². The fraction of sp³-hybridized carbons (Fsp3) is 0.591. The Bertz CT molecular complexity index is 812. The molecule has 0 bridgehead atoms. The average Bonchev–Trinajstić information content (AvgIpc) is 3.25. The lowest BCUT2D eigenvalue weighted by molar-refractivity contribution is -0.141. The molecule has 4 N–H and O–H groups in total. The van der Waals surface area contributed by atoms with Crippen molar-refractivity contribution in [3.05, 3.63) is 23.2 Å². The summed E-state index contributed by atoms with van der Waals surface area (Å²) in [6.45, 7) is 4.27. The van der Waals surface area contributed by atoms with Gasteiger partial charge in [0.1, 0.15) is 12.3 Å². The third-order valence-corrected chi connectivity index (χ3v) is 5.77. The lowest BCUT2D eigenvalue weighted by Crippen LogP contribution is -2.45. The Morgan fingerprint density at radius 3 is 2.56 bits per heavy atom. The van der Waals surface area contributed by atoms with Crippen LogP contribution in [0.2, 0.25) is 5.02 Å². The molecular formula is C22H33ClN4O5. The van der Waals surface area contributed by atoms with E-state index in [-0.39, 0.29) is 25.4 Å². The van der Waals surface area contributed by atoms with Crippen LogP contribution in [0.15, 0.2) is 18.2 Å². The monoisotopic (exact) mass is 468 g/mol. The van der Waals surface area contributed by atoms with Gasteiger partial charge in [-0.2, -0.15) is 0 Å². The van der Waals surface area contributed by atoms with Gasteiger partial charge in [0.15, 0.2) is 0 Å². The van der Waals surface area contributed by atoms with E-state index in [1.165, 1.54) is 12.0 Å². The molecule has 0 aliphatic heterocycles. The van der Waals surface area contributed by atoms with Crippen molar-refractivity contribution in [2.75, 3.05) is 32.1 Å². The second kappa shape index (κ2) is 11.9. The minimum Gasteiger partial charge on any atom is -0.495 e. The lowest BCUT2D eigenvalue weighted by Gasteiger charge is -2.30. The van der Waals surface area contributed by atoms with Crippen molar-refractivity contribution >= 4 is 35.1 Å². The maximum Gasteiger partial charge on any atom is 0.319 e. The normalized spacial score (nSPS) is 14.0. The topological polar surface area (TPSA) is 120 Å². The Labute approximate surface area is 193 Å². The Kier molecular flexibility index (Phi) is 9.59. The number of hydrogen-bond donors (Lipinski definition) is 4. The highest BCUT2D eigenvalue weighted by atomic mass is 35.5. The molecule has 4 amide bonds. The summed E-state index contributed by atoms with van der Waals surface area (Å²) in [7, 11) is 1.50. The molecule has 0 spiro atoms. The predicted octanol–water partition coefficient (Wildman–Crippen LogP) is 3.41. The van der Waals surface area contributed by atoms with E-state index < -0.39 is 17.4 Å². The number of methoxy groups -OCH3 is 1. The average molecular weight is 469 g/mol. The Morgan fingerprint density at radius 1 is 1.25 bits per heavy atom. The Morgan fingerprint density at radius 2 is 1.94 bits per heavy atom. The number of hydroxylamine groups is 1. The maximum absolute atomic E-state index is 13.0. The summed E-state index contributed by atoms with van der Waals surface area (Å²) in [6, 6.07) is 4.45. The molecular weight excluding hydrogens is 436 g/mol. The molecule has 0 unspecified atom stereocenters. The third kappa shape index (κ3) is 8.20. The largest absolute Gasteiger partial charge is 0.495 e. The molecule has 0 heterocycles. The van der Waals surface area contributed by atoms with Gasteiger partial charge in [-0.15, -0.1) is 0 Å². The zero-order valence-electron chi connectivity index (χ0n) is 18.9. The van der Waals surface area contributed by atoms with Crippen LogP contribution in [0.5, 0.6) is 5.75 Å². The molecule has 0 aromatic heterocycles. The van der Waals surface area contributed by atoms with Crippen LogP contribution in [0.25, 0.3) is 0 Å². The molecule has 1 aromatic rings. The van der Waals surface area contributed by atoms with E-state index in [1.807, 2.05) is 13.8 Å². The van der Waals surface area contributed by atoms with Gasteiger partial charge in [-0.1, -0.05) is 38.3 Å². The van der Waals surface area contributed by atoms with E-state index in [4.69, 9.17) is 21.5 Å². The summed E-state index contributed by atoms with van der Waals surface area (Å²) in [5.41, 5.74) is 1.47. The van der Waals surface area contributed by atoms with Gasteiger partial charge in [0.25, 0.3) is 5.91 Å². The van der Waals surface area contributed by atoms with Crippen molar-refractivity contribution in [1.82, 2.24) is 15.7 Å². The molecule has 2 rings (SSSR count). The van der Waals surface area contributed by atoms with Crippen LogP contribution >= 0.6 is 11.6 Å². The number of ether oxygens (including phenoxy) is 1. The van der Waals surface area contributed by atoms with Gasteiger partial charge in [-0.05, 0) is 42.4 Å². The number of nitrogens with zero attached hydrogens (tertiary/aromatic N) is 1. The van der Waals surface area contributed by atoms with Gasteiger partial charge in [0.05, 0.1) is 12.8 Å². The van der Waals surface area contributed by atoms with Crippen molar-refractivity contribution in [2.45, 2.75) is 46.0 Å². The number of rotatable bonds is 10. The molecule has 32 heavy (non-hydrogen) atoms. The number of anilines is 1. The molecule has 1 saturated carbocycles. The molecule has 9 nitrogen and oxygen atoms in total. The van der Waals surface area contributed by atoms with E-state index >= 15 is 0 Å². The summed E-state index contributed by atoms with van der Waals surface area (Å²) >= 11 is 5.99. The highest BCUT2D eigenvalue weighted by molar-refractivity contribution is 6.31. The van der Waals surface area contributed by atoms with Crippen LogP contribution < -0.4 is 20.9 Å². The number of benzene rings is 1. The number of amides is 4. The zero-order chi connectivity index (χ0) is 23.7. The van der Waals surface area contributed by atoms with Gasteiger partial charge in [0.2, 0.25) is 5.91 Å². The van der Waals surface area contributed by atoms with Crippen LogP contribution in [-0.2, 0) is 9.59 Å². The van der Waals surface area contributed by atoms with Gasteiger partial charge in [-0.25, -0.2) is 10.3 Å². The third-order valence-electron chi connectivity index (χ3n) is 5.53. The summed E-state index contributed by atoms with van der Waals surface area (Å²) in [6.07, 6.45) is 4.45. The first-order valence-corrected chi connectivity index (χ1v) is 11.1. The molecule has 1 aromatic carbocycles. The van der Waals surface area contributed by atoms with E-state index in [2.05, 4.69) is 10.6 Å². The summed E-state index contributed by atoms with van der Waals surface area (Å²) in [5.74, 6) is 0.0279. The molecule has 178 valence electrons. The van der Waals surface area contributed by atoms with E-state index in [9.17, 15) is 14.4 Å². The number of carbonyl (C=O) groups is 3. The molecule has 0 radical (unpaired) electrons. The molecule has 0 atom stereocenters. The molecule has 10 heteroatoms. The number of urea groups is 1. The van der Waals surface area contributed by atoms with Gasteiger partial charge >= 0.3 is 6.03 Å². The molecule has 1 aliphatic rings.